The molecule has 0 saturated heterocycles. The first-order chi connectivity index (χ1) is 9.65. The van der Waals surface area contributed by atoms with E-state index < -0.39 is 5.97 Å². The van der Waals surface area contributed by atoms with Crippen molar-refractivity contribution in [2.75, 3.05) is 11.9 Å². The van der Waals surface area contributed by atoms with Crippen molar-refractivity contribution in [3.8, 4) is 0 Å². The summed E-state index contributed by atoms with van der Waals surface area (Å²) in [4.78, 5) is 10.6. The lowest BCUT2D eigenvalue weighted by Gasteiger charge is -2.07. The van der Waals surface area contributed by atoms with Gasteiger partial charge >= 0.3 is 5.97 Å². The van der Waals surface area contributed by atoms with Crippen LogP contribution in [-0.2, 0) is 4.79 Å². The van der Waals surface area contributed by atoms with Crippen molar-refractivity contribution in [3.05, 3.63) is 65.2 Å². The molecule has 2 aromatic rings. The number of aryl methyl sites for hydroxylation is 1. The largest absolute Gasteiger partial charge is 0.480 e. The molecule has 0 amide bonds. The maximum absolute atomic E-state index is 10.6. The number of carboxylic acids is 1. The number of hydrogen-bond donors (Lipinski definition) is 2. The van der Waals surface area contributed by atoms with E-state index in [9.17, 15) is 4.79 Å². The summed E-state index contributed by atoms with van der Waals surface area (Å²) in [6.07, 6.45) is 4.00. The predicted molar refractivity (Wildman–Crippen MR) is 82.7 cm³/mol. The molecule has 0 aromatic heterocycles. The molecule has 0 bridgehead atoms. The van der Waals surface area contributed by atoms with Crippen molar-refractivity contribution < 1.29 is 9.90 Å². The molecule has 0 unspecified atom stereocenters. The van der Waals surface area contributed by atoms with Gasteiger partial charge in [0.05, 0.1) is 0 Å². The Morgan fingerprint density at radius 2 is 1.80 bits per heavy atom. The summed E-state index contributed by atoms with van der Waals surface area (Å²) in [5, 5.41) is 11.6. The molecule has 102 valence electrons. The van der Waals surface area contributed by atoms with Crippen LogP contribution < -0.4 is 5.32 Å². The van der Waals surface area contributed by atoms with Crippen LogP contribution in [0.1, 0.15) is 16.7 Å². The quantitative estimate of drug-likeness (QED) is 0.813. The summed E-state index contributed by atoms with van der Waals surface area (Å²) < 4.78 is 0. The van der Waals surface area contributed by atoms with Gasteiger partial charge in [-0.2, -0.15) is 0 Å². The minimum Gasteiger partial charge on any atom is -0.480 e. The van der Waals surface area contributed by atoms with Crippen LogP contribution in [0.4, 0.5) is 5.69 Å². The highest BCUT2D eigenvalue weighted by molar-refractivity contribution is 5.79. The molecule has 0 atom stereocenters. The summed E-state index contributed by atoms with van der Waals surface area (Å²) in [5.74, 6) is -0.873. The third-order valence-corrected chi connectivity index (χ3v) is 2.92. The Bertz CT molecular complexity index is 615. The molecule has 0 saturated carbocycles. The summed E-state index contributed by atoms with van der Waals surface area (Å²) in [6, 6.07) is 15.9. The molecule has 2 aromatic carbocycles. The minimum atomic E-state index is -0.873. The summed E-state index contributed by atoms with van der Waals surface area (Å²) in [6.45, 7) is 1.97. The van der Waals surface area contributed by atoms with Gasteiger partial charge in [-0.3, -0.25) is 4.79 Å². The van der Waals surface area contributed by atoms with Gasteiger partial charge < -0.3 is 10.4 Å². The van der Waals surface area contributed by atoms with Crippen LogP contribution in [0.5, 0.6) is 0 Å². The van der Waals surface area contributed by atoms with Crippen molar-refractivity contribution in [1.29, 1.82) is 0 Å². The first-order valence-electron chi connectivity index (χ1n) is 6.44. The third-order valence-electron chi connectivity index (χ3n) is 2.92. The highest BCUT2D eigenvalue weighted by Gasteiger charge is 2.00. The molecule has 0 fully saturated rings. The fourth-order valence-corrected chi connectivity index (χ4v) is 1.84. The van der Waals surface area contributed by atoms with Crippen LogP contribution in [0.3, 0.4) is 0 Å². The van der Waals surface area contributed by atoms with Gasteiger partial charge in [0.1, 0.15) is 6.54 Å². The maximum atomic E-state index is 10.6. The Morgan fingerprint density at radius 1 is 1.10 bits per heavy atom. The van der Waals surface area contributed by atoms with E-state index in [1.807, 2.05) is 36.4 Å². The minimum absolute atomic E-state index is 0.0879. The van der Waals surface area contributed by atoms with Gasteiger partial charge in [-0.25, -0.2) is 0 Å². The van der Waals surface area contributed by atoms with Gasteiger partial charge in [0, 0.05) is 5.69 Å². The van der Waals surface area contributed by atoms with Crippen molar-refractivity contribution in [2.24, 2.45) is 0 Å². The molecular formula is C17H17NO2. The fraction of sp³-hybridized carbons (Fsp3) is 0.118. The average Bonchev–Trinajstić information content (AvgIpc) is 2.45. The number of carbonyl (C=O) groups is 1. The molecule has 3 heteroatoms. The van der Waals surface area contributed by atoms with E-state index in [1.165, 1.54) is 5.56 Å². The van der Waals surface area contributed by atoms with Crippen LogP contribution in [0.2, 0.25) is 0 Å². The summed E-state index contributed by atoms with van der Waals surface area (Å²) >= 11 is 0. The predicted octanol–water partition coefficient (Wildman–Crippen LogP) is 3.66. The number of para-hydroxylation sites is 1. The van der Waals surface area contributed by atoms with Crippen LogP contribution in [0.15, 0.2) is 48.5 Å². The molecule has 0 aliphatic rings. The van der Waals surface area contributed by atoms with Crippen LogP contribution in [0.25, 0.3) is 12.2 Å². The van der Waals surface area contributed by atoms with Crippen molar-refractivity contribution in [3.63, 3.8) is 0 Å². The number of benzene rings is 2. The van der Waals surface area contributed by atoms with Crippen molar-refractivity contribution in [1.82, 2.24) is 0 Å². The topological polar surface area (TPSA) is 49.3 Å². The molecule has 0 spiro atoms. The number of nitrogens with one attached hydrogen (secondary N) is 1. The molecule has 0 heterocycles. The number of aliphatic carboxylic acids is 1. The molecule has 2 N–H and O–H groups in total. The van der Waals surface area contributed by atoms with E-state index in [2.05, 4.69) is 36.5 Å². The molecule has 0 aliphatic carbocycles. The Labute approximate surface area is 118 Å². The Kier molecular flexibility index (Phi) is 4.56. The van der Waals surface area contributed by atoms with E-state index in [4.69, 9.17) is 5.11 Å². The van der Waals surface area contributed by atoms with Gasteiger partial charge in [0.25, 0.3) is 0 Å². The molecule has 2 rings (SSSR count). The van der Waals surface area contributed by atoms with Gasteiger partial charge in [0.15, 0.2) is 0 Å². The standard InChI is InChI=1S/C17H17NO2/c1-13-6-8-14(9-7-13)10-11-15-4-2-3-5-16(15)18-12-17(19)20/h2-11,18H,12H2,1H3,(H,19,20). The lowest BCUT2D eigenvalue weighted by atomic mass is 10.1. The average molecular weight is 267 g/mol. The zero-order valence-electron chi connectivity index (χ0n) is 11.3. The highest BCUT2D eigenvalue weighted by Crippen LogP contribution is 2.18. The fourth-order valence-electron chi connectivity index (χ4n) is 1.84. The van der Waals surface area contributed by atoms with E-state index in [-0.39, 0.29) is 6.54 Å². The lowest BCUT2D eigenvalue weighted by molar-refractivity contribution is -0.134. The molecule has 20 heavy (non-hydrogen) atoms. The van der Waals surface area contributed by atoms with Gasteiger partial charge in [-0.1, -0.05) is 60.2 Å². The number of carboxylic acid groups (broad SMARTS) is 1. The van der Waals surface area contributed by atoms with Gasteiger partial charge in [0.2, 0.25) is 0 Å². The Balaban J connectivity index is 2.16. The Hall–Kier alpha value is -2.55. The second-order valence-corrected chi connectivity index (χ2v) is 4.58. The summed E-state index contributed by atoms with van der Waals surface area (Å²) in [5.41, 5.74) is 4.13. The normalized spacial score (nSPS) is 10.7. The lowest BCUT2D eigenvalue weighted by Crippen LogP contribution is -2.12. The van der Waals surface area contributed by atoms with Gasteiger partial charge in [-0.15, -0.1) is 0 Å². The number of anilines is 1. The third kappa shape index (κ3) is 3.99. The maximum Gasteiger partial charge on any atom is 0.322 e. The van der Waals surface area contributed by atoms with Gasteiger partial charge in [-0.05, 0) is 24.1 Å². The molecular weight excluding hydrogens is 250 g/mol. The van der Waals surface area contributed by atoms with Crippen LogP contribution >= 0.6 is 0 Å². The van der Waals surface area contributed by atoms with E-state index in [0.717, 1.165) is 16.8 Å². The SMILES string of the molecule is Cc1ccc(C=Cc2ccccc2NCC(=O)O)cc1. The van der Waals surface area contributed by atoms with Crippen LogP contribution in [-0.4, -0.2) is 17.6 Å². The molecule has 0 aliphatic heterocycles. The van der Waals surface area contributed by atoms with E-state index >= 15 is 0 Å². The Morgan fingerprint density at radius 3 is 2.50 bits per heavy atom. The first-order valence-corrected chi connectivity index (χ1v) is 6.44. The summed E-state index contributed by atoms with van der Waals surface area (Å²) in [7, 11) is 0. The first kappa shape index (κ1) is 13.9. The molecule has 3 nitrogen and oxygen atoms in total. The second-order valence-electron chi connectivity index (χ2n) is 4.58. The van der Waals surface area contributed by atoms with Crippen molar-refractivity contribution in [2.45, 2.75) is 6.92 Å². The highest BCUT2D eigenvalue weighted by atomic mass is 16.4. The smallest absolute Gasteiger partial charge is 0.322 e. The van der Waals surface area contributed by atoms with E-state index in [1.54, 1.807) is 0 Å². The number of rotatable bonds is 5. The van der Waals surface area contributed by atoms with Crippen molar-refractivity contribution >= 4 is 23.8 Å². The van der Waals surface area contributed by atoms with E-state index in [0.29, 0.717) is 0 Å². The zero-order chi connectivity index (χ0) is 14.4. The van der Waals surface area contributed by atoms with Crippen LogP contribution in [0, 0.1) is 6.92 Å². The monoisotopic (exact) mass is 267 g/mol. The second kappa shape index (κ2) is 6.57. The molecule has 0 radical (unpaired) electrons. The zero-order valence-corrected chi connectivity index (χ0v) is 11.3. The number of hydrogen-bond acceptors (Lipinski definition) is 2.